The zero-order valence-corrected chi connectivity index (χ0v) is 19.1. The van der Waals surface area contributed by atoms with E-state index < -0.39 is 6.17 Å². The third-order valence-electron chi connectivity index (χ3n) is 9.14. The number of carbonyl (C=O) groups excluding carboxylic acids is 2. The highest BCUT2D eigenvalue weighted by atomic mass is 19.1. The lowest BCUT2D eigenvalue weighted by atomic mass is 9.77. The van der Waals surface area contributed by atoms with Crippen molar-refractivity contribution in [2.45, 2.75) is 114 Å². The Kier molecular flexibility index (Phi) is 6.01. The summed E-state index contributed by atoms with van der Waals surface area (Å²) in [6.45, 7) is 5.82. The van der Waals surface area contributed by atoms with Crippen LogP contribution < -0.4 is 10.6 Å². The molecule has 174 valence electrons. The van der Waals surface area contributed by atoms with Gasteiger partial charge >= 0.3 is 0 Å². The van der Waals surface area contributed by atoms with Crippen LogP contribution in [0.4, 0.5) is 4.39 Å². The second-order valence-electron chi connectivity index (χ2n) is 10.9. The lowest BCUT2D eigenvalue weighted by molar-refractivity contribution is -0.129. The quantitative estimate of drug-likeness (QED) is 0.715. The van der Waals surface area contributed by atoms with Crippen molar-refractivity contribution in [2.24, 2.45) is 11.8 Å². The Morgan fingerprint density at radius 1 is 1.00 bits per heavy atom. The second-order valence-corrected chi connectivity index (χ2v) is 10.9. The van der Waals surface area contributed by atoms with Gasteiger partial charge in [0.15, 0.2) is 0 Å². The highest BCUT2D eigenvalue weighted by Crippen LogP contribution is 2.39. The van der Waals surface area contributed by atoms with E-state index in [0.717, 1.165) is 51.6 Å². The van der Waals surface area contributed by atoms with Crippen LogP contribution in [0.3, 0.4) is 0 Å². The number of alkyl halides is 1. The molecule has 5 unspecified atom stereocenters. The Hall–Kier alpha value is -1.21. The van der Waals surface area contributed by atoms with E-state index in [1.54, 1.807) is 6.92 Å². The number of halogens is 1. The SMILES string of the molecule is CC(=O)N1CC[C@H]2[C@@H]1CCN2[C@H]1CCC[C@@H](NC(=O)C2CC3C(F)CCC(C)C3N2)C1. The number of nitrogens with one attached hydrogen (secondary N) is 2. The lowest BCUT2D eigenvalue weighted by Crippen LogP contribution is -2.52. The normalized spacial score (nSPS) is 45.4. The van der Waals surface area contributed by atoms with E-state index in [9.17, 15) is 14.0 Å². The molecule has 5 rings (SSSR count). The molecule has 0 spiro atoms. The van der Waals surface area contributed by atoms with Gasteiger partial charge in [0, 0.05) is 56.1 Å². The van der Waals surface area contributed by atoms with Crippen molar-refractivity contribution in [3.63, 3.8) is 0 Å². The van der Waals surface area contributed by atoms with Gasteiger partial charge in [-0.3, -0.25) is 14.5 Å². The smallest absolute Gasteiger partial charge is 0.237 e. The molecule has 5 aliphatic rings. The van der Waals surface area contributed by atoms with E-state index in [4.69, 9.17) is 0 Å². The molecule has 7 heteroatoms. The predicted molar refractivity (Wildman–Crippen MR) is 117 cm³/mol. The van der Waals surface area contributed by atoms with Gasteiger partial charge in [-0.1, -0.05) is 6.92 Å². The molecule has 0 aromatic rings. The Morgan fingerprint density at radius 3 is 2.58 bits per heavy atom. The lowest BCUT2D eigenvalue weighted by Gasteiger charge is -2.38. The van der Waals surface area contributed by atoms with Gasteiger partial charge < -0.3 is 15.5 Å². The molecule has 9 atom stereocenters. The van der Waals surface area contributed by atoms with Crippen molar-refractivity contribution < 1.29 is 14.0 Å². The van der Waals surface area contributed by atoms with Crippen molar-refractivity contribution in [1.82, 2.24) is 20.4 Å². The molecule has 31 heavy (non-hydrogen) atoms. The van der Waals surface area contributed by atoms with E-state index in [-0.39, 0.29) is 35.9 Å². The van der Waals surface area contributed by atoms with Crippen LogP contribution in [0.2, 0.25) is 0 Å². The summed E-state index contributed by atoms with van der Waals surface area (Å²) < 4.78 is 14.4. The van der Waals surface area contributed by atoms with Gasteiger partial charge in [-0.2, -0.15) is 0 Å². The number of hydrogen-bond donors (Lipinski definition) is 2. The second kappa shape index (κ2) is 8.62. The monoisotopic (exact) mass is 434 g/mol. The van der Waals surface area contributed by atoms with Crippen LogP contribution >= 0.6 is 0 Å². The van der Waals surface area contributed by atoms with E-state index >= 15 is 0 Å². The van der Waals surface area contributed by atoms with E-state index in [1.807, 2.05) is 0 Å². The van der Waals surface area contributed by atoms with E-state index in [2.05, 4.69) is 27.4 Å². The number of amides is 2. The molecule has 5 fully saturated rings. The first kappa shape index (κ1) is 21.6. The summed E-state index contributed by atoms with van der Waals surface area (Å²) in [5.74, 6) is 0.713. The first-order valence-corrected chi connectivity index (χ1v) is 12.7. The summed E-state index contributed by atoms with van der Waals surface area (Å²) in [7, 11) is 0. The third kappa shape index (κ3) is 4.01. The van der Waals surface area contributed by atoms with Gasteiger partial charge in [0.05, 0.1) is 6.04 Å². The first-order valence-electron chi connectivity index (χ1n) is 12.7. The van der Waals surface area contributed by atoms with Crippen LogP contribution in [0.25, 0.3) is 0 Å². The minimum absolute atomic E-state index is 0.00766. The molecule has 0 radical (unpaired) electrons. The number of hydrogen-bond acceptors (Lipinski definition) is 4. The number of nitrogens with zero attached hydrogens (tertiary/aromatic N) is 2. The highest BCUT2D eigenvalue weighted by molar-refractivity contribution is 5.82. The first-order chi connectivity index (χ1) is 14.9. The minimum Gasteiger partial charge on any atom is -0.352 e. The minimum atomic E-state index is -0.769. The van der Waals surface area contributed by atoms with Crippen molar-refractivity contribution in [3.8, 4) is 0 Å². The predicted octanol–water partition coefficient (Wildman–Crippen LogP) is 2.22. The number of likely N-dealkylation sites (tertiary alicyclic amines) is 2. The van der Waals surface area contributed by atoms with Crippen molar-refractivity contribution in [1.29, 1.82) is 0 Å². The molecule has 2 saturated carbocycles. The molecule has 2 aliphatic carbocycles. The van der Waals surface area contributed by atoms with Crippen molar-refractivity contribution in [2.75, 3.05) is 13.1 Å². The molecule has 0 aromatic heterocycles. The van der Waals surface area contributed by atoms with E-state index in [1.165, 1.54) is 6.42 Å². The summed E-state index contributed by atoms with van der Waals surface area (Å²) in [6, 6.07) is 1.48. The Balaban J connectivity index is 1.16. The van der Waals surface area contributed by atoms with Gasteiger partial charge in [0.1, 0.15) is 6.17 Å². The molecule has 0 bridgehead atoms. The summed E-state index contributed by atoms with van der Waals surface area (Å²) in [4.78, 5) is 29.7. The molecule has 0 aromatic carbocycles. The third-order valence-corrected chi connectivity index (χ3v) is 9.14. The van der Waals surface area contributed by atoms with Gasteiger partial charge in [-0.25, -0.2) is 4.39 Å². The van der Waals surface area contributed by atoms with Crippen LogP contribution in [0.5, 0.6) is 0 Å². The zero-order chi connectivity index (χ0) is 21.7. The maximum absolute atomic E-state index is 14.4. The highest BCUT2D eigenvalue weighted by Gasteiger charge is 2.48. The van der Waals surface area contributed by atoms with Crippen molar-refractivity contribution in [3.05, 3.63) is 0 Å². The summed E-state index contributed by atoms with van der Waals surface area (Å²) >= 11 is 0. The summed E-state index contributed by atoms with van der Waals surface area (Å²) in [6.07, 6.45) is 7.92. The zero-order valence-electron chi connectivity index (χ0n) is 19.1. The van der Waals surface area contributed by atoms with Crippen LogP contribution in [0.1, 0.15) is 71.6 Å². The maximum Gasteiger partial charge on any atom is 0.237 e. The average Bonchev–Trinajstić information content (AvgIpc) is 3.45. The number of fused-ring (bicyclic) bond motifs is 2. The van der Waals surface area contributed by atoms with Gasteiger partial charge in [0.2, 0.25) is 11.8 Å². The molecule has 3 heterocycles. The fraction of sp³-hybridized carbons (Fsp3) is 0.917. The number of rotatable bonds is 3. The van der Waals surface area contributed by atoms with Gasteiger partial charge in [-0.05, 0) is 63.7 Å². The Bertz CT molecular complexity index is 687. The Labute approximate surface area is 185 Å². The molecule has 3 aliphatic heterocycles. The van der Waals surface area contributed by atoms with Crippen LogP contribution in [0, 0.1) is 11.8 Å². The molecular formula is C24H39FN4O2. The fourth-order valence-electron chi connectivity index (χ4n) is 7.56. The maximum atomic E-state index is 14.4. The average molecular weight is 435 g/mol. The topological polar surface area (TPSA) is 64.7 Å². The van der Waals surface area contributed by atoms with Gasteiger partial charge in [0.25, 0.3) is 0 Å². The van der Waals surface area contributed by atoms with E-state index in [0.29, 0.717) is 36.9 Å². The van der Waals surface area contributed by atoms with Crippen LogP contribution in [-0.2, 0) is 9.59 Å². The standard InChI is InChI=1S/C24H39FN4O2/c1-14-6-7-19(25)18-13-20(27-23(14)18)24(31)26-16-4-3-5-17(12-16)29-11-9-21-22(29)8-10-28(21)15(2)30/h14,16-23,27H,3-13H2,1-2H3,(H,26,31)/t14?,16-,17+,18?,19?,20?,21+,22+,23?/m1/s1. The Morgan fingerprint density at radius 2 is 1.81 bits per heavy atom. The fourth-order valence-corrected chi connectivity index (χ4v) is 7.56. The summed E-state index contributed by atoms with van der Waals surface area (Å²) in [5.41, 5.74) is 0. The molecule has 2 amide bonds. The largest absolute Gasteiger partial charge is 0.352 e. The van der Waals surface area contributed by atoms with Crippen LogP contribution in [-0.4, -0.2) is 77.1 Å². The molecule has 2 N–H and O–H groups in total. The molecule has 6 nitrogen and oxygen atoms in total. The summed E-state index contributed by atoms with van der Waals surface area (Å²) in [5, 5.41) is 6.80. The number of carbonyl (C=O) groups is 2. The molecular weight excluding hydrogens is 395 g/mol. The van der Waals surface area contributed by atoms with Gasteiger partial charge in [-0.15, -0.1) is 0 Å². The van der Waals surface area contributed by atoms with Crippen molar-refractivity contribution >= 4 is 11.8 Å². The molecule has 3 saturated heterocycles. The van der Waals surface area contributed by atoms with Crippen LogP contribution in [0.15, 0.2) is 0 Å².